The van der Waals surface area contributed by atoms with Gasteiger partial charge in [0.25, 0.3) is 0 Å². The van der Waals surface area contributed by atoms with Gasteiger partial charge in [-0.2, -0.15) is 0 Å². The maximum absolute atomic E-state index is 4.79. The Morgan fingerprint density at radius 1 is 0.909 bits per heavy atom. The summed E-state index contributed by atoms with van der Waals surface area (Å²) >= 11 is 0. The summed E-state index contributed by atoms with van der Waals surface area (Å²) in [6.45, 7) is 1.61. The zero-order valence-electron chi connectivity index (χ0n) is 6.77. The normalized spacial score (nSPS) is 24.0. The van der Waals surface area contributed by atoms with Gasteiger partial charge < -0.3 is 0 Å². The molecule has 4 heteroatoms. The molecule has 0 saturated carbocycles. The van der Waals surface area contributed by atoms with Gasteiger partial charge in [-0.05, 0) is 12.8 Å². The molecule has 1 aliphatic rings. The van der Waals surface area contributed by atoms with Gasteiger partial charge in [0.1, 0.15) is 0 Å². The minimum Gasteiger partial charge on any atom is -0.232 e. The van der Waals surface area contributed by atoms with Gasteiger partial charge in [0.05, 0.1) is 6.61 Å². The van der Waals surface area contributed by atoms with Crippen molar-refractivity contribution in [3.05, 3.63) is 0 Å². The van der Waals surface area contributed by atoms with Crippen LogP contribution in [0.5, 0.6) is 0 Å². The van der Waals surface area contributed by atoms with Gasteiger partial charge >= 0.3 is 0 Å². The number of nitrogens with one attached hydrogen (secondary N) is 2. The van der Waals surface area contributed by atoms with Gasteiger partial charge in [-0.3, -0.25) is 0 Å². The highest BCUT2D eigenvalue weighted by atomic mass is 17.3. The molecule has 0 atom stereocenters. The molecule has 0 amide bonds. The molecule has 0 aromatic rings. The minimum absolute atomic E-state index is 0.675. The molecule has 0 bridgehead atoms. The van der Waals surface area contributed by atoms with Crippen molar-refractivity contribution in [3.8, 4) is 0 Å². The lowest BCUT2D eigenvalue weighted by atomic mass is 10.1. The van der Waals surface area contributed by atoms with Crippen molar-refractivity contribution in [2.45, 2.75) is 32.1 Å². The minimum atomic E-state index is 0.675. The van der Waals surface area contributed by atoms with Crippen molar-refractivity contribution in [1.29, 1.82) is 0 Å². The van der Waals surface area contributed by atoms with Crippen molar-refractivity contribution < 1.29 is 9.88 Å². The highest BCUT2D eigenvalue weighted by Gasteiger charge is 1.94. The van der Waals surface area contributed by atoms with Gasteiger partial charge in [-0.25, -0.2) is 10.3 Å². The second-order valence-electron chi connectivity index (χ2n) is 2.70. The third kappa shape index (κ3) is 5.15. The van der Waals surface area contributed by atoms with E-state index in [1.807, 2.05) is 0 Å². The summed E-state index contributed by atoms with van der Waals surface area (Å²) in [7, 11) is 0. The first-order chi connectivity index (χ1) is 5.50. The summed E-state index contributed by atoms with van der Waals surface area (Å²) in [6, 6.07) is 0. The zero-order chi connectivity index (χ0) is 7.78. The van der Waals surface area contributed by atoms with Crippen LogP contribution in [-0.4, -0.2) is 13.2 Å². The fourth-order valence-electron chi connectivity index (χ4n) is 1.06. The molecule has 1 rings (SSSR count). The fraction of sp³-hybridized carbons (Fsp3) is 1.00. The van der Waals surface area contributed by atoms with Crippen molar-refractivity contribution in [1.82, 2.24) is 11.0 Å². The zero-order valence-corrected chi connectivity index (χ0v) is 6.77. The third-order valence-corrected chi connectivity index (χ3v) is 1.70. The van der Waals surface area contributed by atoms with Gasteiger partial charge in [0.2, 0.25) is 0 Å². The van der Waals surface area contributed by atoms with Crippen LogP contribution in [0.3, 0.4) is 0 Å². The Morgan fingerprint density at radius 2 is 1.73 bits per heavy atom. The number of hydrogen-bond donors (Lipinski definition) is 2. The molecule has 1 aliphatic heterocycles. The van der Waals surface area contributed by atoms with Crippen molar-refractivity contribution in [2.24, 2.45) is 0 Å². The maximum atomic E-state index is 4.79. The average Bonchev–Trinajstić information content (AvgIpc) is 2.08. The van der Waals surface area contributed by atoms with Crippen LogP contribution in [0.25, 0.3) is 0 Å². The van der Waals surface area contributed by atoms with Crippen LogP contribution in [0, 0.1) is 0 Å². The standard InChI is InChI=1S/C7H16N2O2/c1-2-4-6-8-9-11-10-7-5-3-1/h8-9H,1-7H2. The quantitative estimate of drug-likeness (QED) is 0.517. The lowest BCUT2D eigenvalue weighted by molar-refractivity contribution is -0.345. The van der Waals surface area contributed by atoms with Crippen LogP contribution in [0.1, 0.15) is 32.1 Å². The molecule has 11 heavy (non-hydrogen) atoms. The summed E-state index contributed by atoms with van der Waals surface area (Å²) in [5.41, 5.74) is 5.40. The molecule has 0 spiro atoms. The first kappa shape index (κ1) is 8.93. The second kappa shape index (κ2) is 6.54. The molecular weight excluding hydrogens is 144 g/mol. The molecule has 0 unspecified atom stereocenters. The molecule has 0 aliphatic carbocycles. The number of rotatable bonds is 0. The molecule has 2 N–H and O–H groups in total. The molecule has 0 aromatic heterocycles. The van der Waals surface area contributed by atoms with E-state index in [-0.39, 0.29) is 0 Å². The Bertz CT molecular complexity index is 52.5. The van der Waals surface area contributed by atoms with Crippen LogP contribution in [0.15, 0.2) is 0 Å². The Kier molecular flexibility index (Phi) is 5.31. The van der Waals surface area contributed by atoms with Crippen LogP contribution in [0.2, 0.25) is 0 Å². The first-order valence-corrected chi connectivity index (χ1v) is 4.26. The van der Waals surface area contributed by atoms with E-state index >= 15 is 0 Å². The number of hydrogen-bond acceptors (Lipinski definition) is 4. The Balaban J connectivity index is 2.02. The van der Waals surface area contributed by atoms with Gasteiger partial charge in [-0.15, -0.1) is 10.6 Å². The molecule has 1 heterocycles. The molecule has 0 aromatic carbocycles. The summed E-state index contributed by atoms with van der Waals surface area (Å²) in [4.78, 5) is 9.40. The first-order valence-electron chi connectivity index (χ1n) is 4.26. The third-order valence-electron chi connectivity index (χ3n) is 1.70. The summed E-state index contributed by atoms with van der Waals surface area (Å²) in [6.07, 6.45) is 6.10. The van der Waals surface area contributed by atoms with Crippen molar-refractivity contribution in [3.63, 3.8) is 0 Å². The molecular formula is C7H16N2O2. The van der Waals surface area contributed by atoms with E-state index in [0.29, 0.717) is 6.61 Å². The van der Waals surface area contributed by atoms with E-state index < -0.39 is 0 Å². The lowest BCUT2D eigenvalue weighted by Crippen LogP contribution is -2.32. The Morgan fingerprint density at radius 3 is 2.73 bits per heavy atom. The molecule has 0 radical (unpaired) electrons. The smallest absolute Gasteiger partial charge is 0.0842 e. The SMILES string of the molecule is C1CCCNNOOCCC1. The average molecular weight is 160 g/mol. The van der Waals surface area contributed by atoms with Gasteiger partial charge in [0.15, 0.2) is 0 Å². The molecule has 1 fully saturated rings. The predicted molar refractivity (Wildman–Crippen MR) is 41.3 cm³/mol. The molecule has 1 saturated heterocycles. The Labute approximate surface area is 67.1 Å². The fourth-order valence-corrected chi connectivity index (χ4v) is 1.06. The monoisotopic (exact) mass is 160 g/mol. The van der Waals surface area contributed by atoms with E-state index in [2.05, 4.69) is 16.0 Å². The highest BCUT2D eigenvalue weighted by molar-refractivity contribution is 4.45. The van der Waals surface area contributed by atoms with Crippen LogP contribution in [0.4, 0.5) is 0 Å². The van der Waals surface area contributed by atoms with E-state index in [1.54, 1.807) is 0 Å². The maximum Gasteiger partial charge on any atom is 0.0842 e. The molecule has 4 nitrogen and oxygen atoms in total. The van der Waals surface area contributed by atoms with E-state index in [9.17, 15) is 0 Å². The van der Waals surface area contributed by atoms with E-state index in [0.717, 1.165) is 13.0 Å². The summed E-state index contributed by atoms with van der Waals surface area (Å²) < 4.78 is 0. The Hall–Kier alpha value is -0.160. The number of hydrazine groups is 1. The van der Waals surface area contributed by atoms with Crippen LogP contribution >= 0.6 is 0 Å². The largest absolute Gasteiger partial charge is 0.232 e. The summed E-state index contributed by atoms with van der Waals surface area (Å²) in [5, 5.41) is 0. The predicted octanol–water partition coefficient (Wildman–Crippen LogP) is 0.908. The van der Waals surface area contributed by atoms with E-state index in [4.69, 9.17) is 4.89 Å². The lowest BCUT2D eigenvalue weighted by Gasteiger charge is -2.03. The van der Waals surface area contributed by atoms with Crippen LogP contribution < -0.4 is 11.0 Å². The second-order valence-corrected chi connectivity index (χ2v) is 2.70. The summed E-state index contributed by atoms with van der Waals surface area (Å²) in [5.74, 6) is 0. The van der Waals surface area contributed by atoms with E-state index in [1.165, 1.54) is 25.7 Å². The topological polar surface area (TPSA) is 42.5 Å². The molecule has 66 valence electrons. The van der Waals surface area contributed by atoms with Crippen LogP contribution in [-0.2, 0) is 9.88 Å². The van der Waals surface area contributed by atoms with Crippen molar-refractivity contribution in [2.75, 3.05) is 13.2 Å². The van der Waals surface area contributed by atoms with Crippen molar-refractivity contribution >= 4 is 0 Å². The van der Waals surface area contributed by atoms with Gasteiger partial charge in [-0.1, -0.05) is 19.3 Å². The van der Waals surface area contributed by atoms with Gasteiger partial charge in [0, 0.05) is 6.54 Å². The highest BCUT2D eigenvalue weighted by Crippen LogP contribution is 2.02.